The van der Waals surface area contributed by atoms with Gasteiger partial charge in [-0.1, -0.05) is 6.07 Å². The van der Waals surface area contributed by atoms with Crippen molar-refractivity contribution in [3.63, 3.8) is 0 Å². The Labute approximate surface area is 162 Å². The lowest BCUT2D eigenvalue weighted by Crippen LogP contribution is -2.43. The van der Waals surface area contributed by atoms with E-state index in [1.54, 1.807) is 6.07 Å². The first-order valence-electron chi connectivity index (χ1n) is 9.26. The van der Waals surface area contributed by atoms with Crippen molar-refractivity contribution in [3.8, 4) is 0 Å². The van der Waals surface area contributed by atoms with E-state index < -0.39 is 22.1 Å². The molecule has 1 saturated heterocycles. The molecule has 0 unspecified atom stereocenters. The summed E-state index contributed by atoms with van der Waals surface area (Å²) in [5.74, 6) is -1.90. The molecule has 1 N–H and O–H groups in total. The Hall–Kier alpha value is -1.65. The van der Waals surface area contributed by atoms with Gasteiger partial charge in [-0.3, -0.25) is 4.79 Å². The number of fused-ring (bicyclic) bond motifs is 1. The average Bonchev–Trinajstić information content (AvgIpc) is 3.04. The minimum absolute atomic E-state index is 0.00679. The quantitative estimate of drug-likeness (QED) is 0.792. The molecule has 28 heavy (non-hydrogen) atoms. The number of sulfonamides is 1. The Morgan fingerprint density at radius 1 is 1.25 bits per heavy atom. The molecule has 1 atom stereocenters. The number of amides is 1. The normalized spacial score (nSPS) is 21.0. The summed E-state index contributed by atoms with van der Waals surface area (Å²) >= 11 is 0. The molecule has 2 aliphatic heterocycles. The molecule has 0 saturated carbocycles. The third kappa shape index (κ3) is 4.66. The van der Waals surface area contributed by atoms with Gasteiger partial charge < -0.3 is 9.80 Å². The van der Waals surface area contributed by atoms with E-state index in [4.69, 9.17) is 0 Å². The predicted octanol–water partition coefficient (Wildman–Crippen LogP) is 1.90. The molecule has 156 valence electrons. The molecule has 0 spiro atoms. The van der Waals surface area contributed by atoms with Gasteiger partial charge in [-0.2, -0.15) is 13.2 Å². The second kappa shape index (κ2) is 8.00. The van der Waals surface area contributed by atoms with Gasteiger partial charge >= 0.3 is 12.1 Å². The Bertz CT molecular complexity index is 842. The average molecular weight is 419 g/mol. The number of nitrogens with zero attached hydrogens (tertiary/aromatic N) is 2. The summed E-state index contributed by atoms with van der Waals surface area (Å²) in [5.41, 5.74) is 1.19. The van der Waals surface area contributed by atoms with Crippen LogP contribution in [0.3, 0.4) is 0 Å². The maximum absolute atomic E-state index is 12.7. The number of rotatable bonds is 5. The molecule has 3 rings (SSSR count). The molecule has 0 bridgehead atoms. The van der Waals surface area contributed by atoms with E-state index in [0.29, 0.717) is 29.5 Å². The highest BCUT2D eigenvalue weighted by atomic mass is 32.2. The molecule has 1 amide bonds. The number of carbonyl (C=O) groups is 1. The van der Waals surface area contributed by atoms with E-state index in [1.165, 1.54) is 12.1 Å². The van der Waals surface area contributed by atoms with Crippen molar-refractivity contribution in [3.05, 3.63) is 29.3 Å². The van der Waals surface area contributed by atoms with E-state index in [-0.39, 0.29) is 24.4 Å². The van der Waals surface area contributed by atoms with Crippen molar-refractivity contribution < 1.29 is 26.4 Å². The Morgan fingerprint density at radius 3 is 2.64 bits per heavy atom. The second-order valence-electron chi connectivity index (χ2n) is 7.37. The second-order valence-corrected chi connectivity index (χ2v) is 9.14. The third-order valence-corrected chi connectivity index (χ3v) is 6.93. The van der Waals surface area contributed by atoms with Crippen LogP contribution in [-0.2, 0) is 27.8 Å². The molecule has 0 aliphatic carbocycles. The zero-order valence-corrected chi connectivity index (χ0v) is 16.4. The molecular formula is C18H24F3N3O3S. The van der Waals surface area contributed by atoms with Gasteiger partial charge in [-0.05, 0) is 62.5 Å². The van der Waals surface area contributed by atoms with Crippen molar-refractivity contribution >= 4 is 15.9 Å². The van der Waals surface area contributed by atoms with E-state index in [0.717, 1.165) is 24.9 Å². The number of hydrogen-bond acceptors (Lipinski definition) is 4. The number of halogens is 3. The van der Waals surface area contributed by atoms with Crippen LogP contribution in [0.5, 0.6) is 0 Å². The Morgan fingerprint density at radius 2 is 2.00 bits per heavy atom. The monoisotopic (exact) mass is 419 g/mol. The summed E-state index contributed by atoms with van der Waals surface area (Å²) in [6.07, 6.45) is -1.82. The van der Waals surface area contributed by atoms with Gasteiger partial charge in [0.2, 0.25) is 10.0 Å². The molecule has 2 aliphatic rings. The highest BCUT2D eigenvalue weighted by Gasteiger charge is 2.43. The molecule has 10 heteroatoms. The first-order valence-corrected chi connectivity index (χ1v) is 10.7. The van der Waals surface area contributed by atoms with Crippen molar-refractivity contribution in [1.29, 1.82) is 0 Å². The lowest BCUT2D eigenvalue weighted by Gasteiger charge is -2.29. The molecule has 0 aromatic heterocycles. The van der Waals surface area contributed by atoms with Gasteiger partial charge in [-0.25, -0.2) is 13.1 Å². The van der Waals surface area contributed by atoms with Crippen LogP contribution in [0.25, 0.3) is 0 Å². The first kappa shape index (κ1) is 21.1. The summed E-state index contributed by atoms with van der Waals surface area (Å²) in [5, 5.41) is 0. The van der Waals surface area contributed by atoms with Crippen LogP contribution in [-0.4, -0.2) is 63.0 Å². The molecule has 2 heterocycles. The number of nitrogens with one attached hydrogen (secondary N) is 1. The fourth-order valence-corrected chi connectivity index (χ4v) is 4.94. The van der Waals surface area contributed by atoms with Crippen molar-refractivity contribution in [1.82, 2.24) is 14.5 Å². The number of benzene rings is 1. The topological polar surface area (TPSA) is 69.7 Å². The Kier molecular flexibility index (Phi) is 6.02. The van der Waals surface area contributed by atoms with Crippen LogP contribution in [0.4, 0.5) is 13.2 Å². The molecule has 1 aromatic rings. The summed E-state index contributed by atoms with van der Waals surface area (Å²) in [6.45, 7) is 1.02. The highest BCUT2D eigenvalue weighted by Crippen LogP contribution is 2.26. The molecular weight excluding hydrogens is 395 g/mol. The summed E-state index contributed by atoms with van der Waals surface area (Å²) in [4.78, 5) is 14.4. The van der Waals surface area contributed by atoms with Crippen LogP contribution < -0.4 is 4.72 Å². The standard InChI is InChI=1S/C18H24F3N3O3S/c1-23-9-2-3-15(23)6-8-22-28(26,27)16-5-4-13-7-10-24(12-14(13)11-16)17(25)18(19,20)21/h4-5,11,15,22H,2-3,6-10,12H2,1H3/t15-/m0/s1. The van der Waals surface area contributed by atoms with Crippen LogP contribution >= 0.6 is 0 Å². The predicted molar refractivity (Wildman–Crippen MR) is 97.1 cm³/mol. The maximum Gasteiger partial charge on any atom is 0.471 e. The van der Waals surface area contributed by atoms with Crippen molar-refractivity contribution in [2.45, 2.75) is 49.3 Å². The number of alkyl halides is 3. The highest BCUT2D eigenvalue weighted by molar-refractivity contribution is 7.89. The maximum atomic E-state index is 12.7. The molecule has 0 radical (unpaired) electrons. The van der Waals surface area contributed by atoms with E-state index in [9.17, 15) is 26.4 Å². The van der Waals surface area contributed by atoms with E-state index in [1.807, 2.05) is 7.05 Å². The lowest BCUT2D eigenvalue weighted by molar-refractivity contribution is -0.186. The van der Waals surface area contributed by atoms with Crippen LogP contribution in [0.1, 0.15) is 30.4 Å². The molecule has 6 nitrogen and oxygen atoms in total. The number of likely N-dealkylation sites (tertiary alicyclic amines) is 1. The smallest absolute Gasteiger partial charge is 0.330 e. The zero-order chi connectivity index (χ0) is 20.5. The zero-order valence-electron chi connectivity index (χ0n) is 15.6. The Balaban J connectivity index is 1.67. The van der Waals surface area contributed by atoms with Gasteiger partial charge in [-0.15, -0.1) is 0 Å². The SMILES string of the molecule is CN1CCC[C@H]1CCNS(=O)(=O)c1ccc2c(c1)CN(C(=O)C(F)(F)F)CC2. The minimum Gasteiger partial charge on any atom is -0.330 e. The fraction of sp³-hybridized carbons (Fsp3) is 0.611. The van der Waals surface area contributed by atoms with Crippen LogP contribution in [0.15, 0.2) is 23.1 Å². The lowest BCUT2D eigenvalue weighted by atomic mass is 10.00. The van der Waals surface area contributed by atoms with Gasteiger partial charge in [0, 0.05) is 25.7 Å². The van der Waals surface area contributed by atoms with Crippen molar-refractivity contribution in [2.75, 3.05) is 26.7 Å². The first-order chi connectivity index (χ1) is 13.1. The minimum atomic E-state index is -4.93. The van der Waals surface area contributed by atoms with E-state index in [2.05, 4.69) is 9.62 Å². The summed E-state index contributed by atoms with van der Waals surface area (Å²) < 4.78 is 65.7. The van der Waals surface area contributed by atoms with Gasteiger partial charge in [0.05, 0.1) is 4.90 Å². The largest absolute Gasteiger partial charge is 0.471 e. The van der Waals surface area contributed by atoms with Gasteiger partial charge in [0.15, 0.2) is 0 Å². The van der Waals surface area contributed by atoms with Gasteiger partial charge in [0.25, 0.3) is 0 Å². The van der Waals surface area contributed by atoms with Crippen LogP contribution in [0.2, 0.25) is 0 Å². The van der Waals surface area contributed by atoms with Crippen LogP contribution in [0, 0.1) is 0 Å². The van der Waals surface area contributed by atoms with Gasteiger partial charge in [0.1, 0.15) is 0 Å². The fourth-order valence-electron chi connectivity index (χ4n) is 3.84. The number of carbonyl (C=O) groups excluding carboxylic acids is 1. The third-order valence-electron chi connectivity index (χ3n) is 5.47. The summed E-state index contributed by atoms with van der Waals surface area (Å²) in [6, 6.07) is 4.80. The molecule has 1 fully saturated rings. The number of hydrogen-bond donors (Lipinski definition) is 1. The molecule has 1 aromatic carbocycles. The van der Waals surface area contributed by atoms with E-state index >= 15 is 0 Å². The van der Waals surface area contributed by atoms with Crippen molar-refractivity contribution in [2.24, 2.45) is 0 Å². The summed E-state index contributed by atoms with van der Waals surface area (Å²) in [7, 11) is -1.75.